The summed E-state index contributed by atoms with van der Waals surface area (Å²) in [5.74, 6) is -1.92. The number of nitrogens with zero attached hydrogens (tertiary/aromatic N) is 1. The molecule has 0 rings (SSSR count). The molecule has 1 atom stereocenters. The fourth-order valence-corrected chi connectivity index (χ4v) is 2.10. The highest BCUT2D eigenvalue weighted by molar-refractivity contribution is 7.62. The lowest BCUT2D eigenvalue weighted by Crippen LogP contribution is -2.41. The molecule has 7 heteroatoms. The van der Waals surface area contributed by atoms with Gasteiger partial charge in [-0.2, -0.15) is 0 Å². The van der Waals surface area contributed by atoms with Crippen LogP contribution in [0.4, 0.5) is 0 Å². The molecule has 0 aromatic carbocycles. The van der Waals surface area contributed by atoms with Gasteiger partial charge >= 0.3 is 5.97 Å². The van der Waals surface area contributed by atoms with Crippen LogP contribution in [0.5, 0.6) is 0 Å². The first-order valence-electron chi connectivity index (χ1n) is 4.36. The maximum Gasteiger partial charge on any atom is 0.323 e. The van der Waals surface area contributed by atoms with E-state index in [9.17, 15) is 14.2 Å². The van der Waals surface area contributed by atoms with E-state index in [-0.39, 0.29) is 6.29 Å². The molecule has 0 bridgehead atoms. The zero-order chi connectivity index (χ0) is 12.2. The van der Waals surface area contributed by atoms with Gasteiger partial charge in [-0.25, -0.2) is 0 Å². The summed E-state index contributed by atoms with van der Waals surface area (Å²) in [5.41, 5.74) is 0. The molecule has 0 aromatic heterocycles. The second-order valence-electron chi connectivity index (χ2n) is 3.82. The second-order valence-corrected chi connectivity index (χ2v) is 7.25. The van der Waals surface area contributed by atoms with Crippen molar-refractivity contribution in [2.24, 2.45) is 0 Å². The number of amides is 1. The summed E-state index contributed by atoms with van der Waals surface area (Å²) in [7, 11) is -2.54. The number of aliphatic hydroxyl groups excluding tert-OH is 1. The van der Waals surface area contributed by atoms with Gasteiger partial charge in [0, 0.05) is 0 Å². The van der Waals surface area contributed by atoms with Crippen LogP contribution in [0, 0.1) is 0 Å². The van der Waals surface area contributed by atoms with Crippen LogP contribution in [0.3, 0.4) is 0 Å². The van der Waals surface area contributed by atoms with Crippen molar-refractivity contribution in [1.82, 2.24) is 4.90 Å². The Morgan fingerprint density at radius 1 is 1.40 bits per heavy atom. The first-order chi connectivity index (χ1) is 6.63. The summed E-state index contributed by atoms with van der Waals surface area (Å²) in [5, 5.41) is 17.6. The summed E-state index contributed by atoms with van der Waals surface area (Å²) in [6.45, 7) is 3.61. The number of aliphatic carboxylic acids is 1. The highest BCUT2D eigenvalue weighted by atomic mass is 31.2. The van der Waals surface area contributed by atoms with Crippen LogP contribution in [-0.2, 0) is 14.2 Å². The predicted molar refractivity (Wildman–Crippen MR) is 55.4 cm³/mol. The van der Waals surface area contributed by atoms with Crippen molar-refractivity contribution >= 4 is 19.0 Å². The van der Waals surface area contributed by atoms with E-state index in [2.05, 4.69) is 0 Å². The number of carboxylic acid groups (broad SMARTS) is 1. The van der Waals surface area contributed by atoms with Gasteiger partial charge in [0.25, 0.3) is 5.91 Å². The molecule has 1 unspecified atom stereocenters. The Morgan fingerprint density at radius 3 is 2.13 bits per heavy atom. The van der Waals surface area contributed by atoms with E-state index in [1.165, 1.54) is 20.3 Å². The minimum atomic E-state index is -2.54. The van der Waals surface area contributed by atoms with Crippen LogP contribution in [0.15, 0.2) is 0 Å². The SMILES string of the molecule is CC(O)C(=O)N(CC(=O)O)CP(C)(C)=O. The van der Waals surface area contributed by atoms with Crippen molar-refractivity contribution in [3.8, 4) is 0 Å². The second kappa shape index (κ2) is 5.28. The quantitative estimate of drug-likeness (QED) is 0.649. The average Bonchev–Trinajstić information content (AvgIpc) is 1.97. The molecule has 0 spiro atoms. The van der Waals surface area contributed by atoms with Gasteiger partial charge in [-0.1, -0.05) is 0 Å². The molecule has 0 aliphatic rings. The van der Waals surface area contributed by atoms with Gasteiger partial charge in [0.1, 0.15) is 19.8 Å². The van der Waals surface area contributed by atoms with Crippen LogP contribution < -0.4 is 0 Å². The summed E-state index contributed by atoms with van der Waals surface area (Å²) in [6, 6.07) is 0. The number of hydrogen-bond donors (Lipinski definition) is 2. The van der Waals surface area contributed by atoms with E-state index in [1.807, 2.05) is 0 Å². The largest absolute Gasteiger partial charge is 0.480 e. The molecule has 1 amide bonds. The third kappa shape index (κ3) is 6.25. The molecule has 0 saturated heterocycles. The number of hydrogen-bond acceptors (Lipinski definition) is 4. The lowest BCUT2D eigenvalue weighted by Gasteiger charge is -2.23. The average molecular weight is 237 g/mol. The molecule has 0 fully saturated rings. The minimum absolute atomic E-state index is 0.136. The normalized spacial score (nSPS) is 13.3. The van der Waals surface area contributed by atoms with Gasteiger partial charge in [-0.3, -0.25) is 9.59 Å². The van der Waals surface area contributed by atoms with E-state index in [0.717, 1.165) is 4.90 Å². The zero-order valence-electron chi connectivity index (χ0n) is 9.01. The Morgan fingerprint density at radius 2 is 1.87 bits per heavy atom. The summed E-state index contributed by atoms with van der Waals surface area (Å²) in [4.78, 5) is 22.7. The Kier molecular flexibility index (Phi) is 4.97. The van der Waals surface area contributed by atoms with Crippen molar-refractivity contribution in [2.75, 3.05) is 26.2 Å². The monoisotopic (exact) mass is 237 g/mol. The van der Waals surface area contributed by atoms with Crippen LogP contribution >= 0.6 is 7.14 Å². The molecule has 0 saturated carbocycles. The van der Waals surface area contributed by atoms with E-state index in [1.54, 1.807) is 0 Å². The molecule has 6 nitrogen and oxygen atoms in total. The van der Waals surface area contributed by atoms with Crippen LogP contribution in [0.25, 0.3) is 0 Å². The number of carbonyl (C=O) groups excluding carboxylic acids is 1. The van der Waals surface area contributed by atoms with Crippen molar-refractivity contribution in [1.29, 1.82) is 0 Å². The molecular weight excluding hydrogens is 221 g/mol. The van der Waals surface area contributed by atoms with Crippen molar-refractivity contribution in [3.05, 3.63) is 0 Å². The molecule has 0 aliphatic heterocycles. The molecular formula is C8H16NO5P. The van der Waals surface area contributed by atoms with Gasteiger partial charge in [0.05, 0.1) is 6.29 Å². The van der Waals surface area contributed by atoms with Gasteiger partial charge in [0.15, 0.2) is 0 Å². The topological polar surface area (TPSA) is 94.9 Å². The van der Waals surface area contributed by atoms with Crippen LogP contribution in [0.2, 0.25) is 0 Å². The highest BCUT2D eigenvalue weighted by Gasteiger charge is 2.24. The maximum absolute atomic E-state index is 11.5. The molecule has 0 aliphatic carbocycles. The lowest BCUT2D eigenvalue weighted by atomic mass is 10.3. The summed E-state index contributed by atoms with van der Waals surface area (Å²) in [6.07, 6.45) is -1.42. The first-order valence-corrected chi connectivity index (χ1v) is 7.15. The fourth-order valence-electron chi connectivity index (χ4n) is 1.04. The van der Waals surface area contributed by atoms with Crippen LogP contribution in [0.1, 0.15) is 6.92 Å². The fraction of sp³-hybridized carbons (Fsp3) is 0.750. The van der Waals surface area contributed by atoms with E-state index in [4.69, 9.17) is 10.2 Å². The summed E-state index contributed by atoms with van der Waals surface area (Å²) < 4.78 is 11.5. The molecule has 0 aromatic rings. The lowest BCUT2D eigenvalue weighted by molar-refractivity contribution is -0.147. The van der Waals surface area contributed by atoms with Crippen molar-refractivity contribution in [3.63, 3.8) is 0 Å². The van der Waals surface area contributed by atoms with Crippen molar-refractivity contribution < 1.29 is 24.4 Å². The third-order valence-electron chi connectivity index (χ3n) is 1.51. The van der Waals surface area contributed by atoms with Gasteiger partial charge < -0.3 is 19.7 Å². The van der Waals surface area contributed by atoms with Crippen LogP contribution in [-0.4, -0.2) is 59.3 Å². The number of carboxylic acids is 1. The number of rotatable bonds is 5. The van der Waals surface area contributed by atoms with Gasteiger partial charge in [-0.15, -0.1) is 0 Å². The molecule has 0 radical (unpaired) electrons. The third-order valence-corrected chi connectivity index (χ3v) is 2.53. The predicted octanol–water partition coefficient (Wildman–Crippen LogP) is -0.139. The zero-order valence-corrected chi connectivity index (χ0v) is 9.90. The smallest absolute Gasteiger partial charge is 0.323 e. The molecule has 0 heterocycles. The van der Waals surface area contributed by atoms with E-state index >= 15 is 0 Å². The highest BCUT2D eigenvalue weighted by Crippen LogP contribution is 2.36. The van der Waals surface area contributed by atoms with Gasteiger partial charge in [0.2, 0.25) is 0 Å². The molecule has 15 heavy (non-hydrogen) atoms. The summed E-state index contributed by atoms with van der Waals surface area (Å²) >= 11 is 0. The number of carbonyl (C=O) groups is 2. The van der Waals surface area contributed by atoms with Crippen molar-refractivity contribution in [2.45, 2.75) is 13.0 Å². The minimum Gasteiger partial charge on any atom is -0.480 e. The Hall–Kier alpha value is -0.870. The number of aliphatic hydroxyl groups is 1. The molecule has 88 valence electrons. The Bertz CT molecular complexity index is 295. The first kappa shape index (κ1) is 14.1. The standard InChI is InChI=1S/C8H16NO5P/c1-6(10)8(13)9(4-7(11)12)5-15(2,3)14/h6,10H,4-5H2,1-3H3,(H,11,12). The van der Waals surface area contributed by atoms with Gasteiger partial charge in [-0.05, 0) is 20.3 Å². The Balaban J connectivity index is 4.66. The Labute approximate surface area is 88.3 Å². The maximum atomic E-state index is 11.5. The van der Waals surface area contributed by atoms with E-state index in [0.29, 0.717) is 0 Å². The molecule has 2 N–H and O–H groups in total. The van der Waals surface area contributed by atoms with E-state index < -0.39 is 31.7 Å².